The monoisotopic (exact) mass is 348 g/mol. The van der Waals surface area contributed by atoms with Crippen molar-refractivity contribution in [2.75, 3.05) is 11.9 Å². The van der Waals surface area contributed by atoms with Crippen LogP contribution in [-0.2, 0) is 4.79 Å². The van der Waals surface area contributed by atoms with E-state index in [0.717, 1.165) is 24.4 Å². The Morgan fingerprint density at radius 3 is 2.38 bits per heavy atom. The summed E-state index contributed by atoms with van der Waals surface area (Å²) in [5.74, 6) is 2.07. The van der Waals surface area contributed by atoms with Crippen molar-refractivity contribution in [2.45, 2.75) is 63.3 Å². The third kappa shape index (κ3) is 4.52. The van der Waals surface area contributed by atoms with Crippen LogP contribution < -0.4 is 10.6 Å². The molecule has 132 valence electrons. The van der Waals surface area contributed by atoms with E-state index in [4.69, 9.17) is 0 Å². The topological polar surface area (TPSA) is 41.1 Å². The Hall–Kier alpha value is -1.06. The van der Waals surface area contributed by atoms with E-state index in [1.54, 1.807) is 0 Å². The van der Waals surface area contributed by atoms with E-state index in [-0.39, 0.29) is 24.2 Å². The molecule has 0 saturated heterocycles. The predicted octanol–water partition coefficient (Wildman–Crippen LogP) is 4.48. The molecule has 2 unspecified atom stereocenters. The van der Waals surface area contributed by atoms with Gasteiger partial charge in [-0.25, -0.2) is 0 Å². The summed E-state index contributed by atoms with van der Waals surface area (Å²) in [6, 6.07) is 9.22. The SMILES string of the molecule is Cl.O=C(Nc1ccc(C2CC2NCC2CC2)cc1)C1CCCCC1. The van der Waals surface area contributed by atoms with Gasteiger partial charge < -0.3 is 10.6 Å². The van der Waals surface area contributed by atoms with Gasteiger partial charge in [0.1, 0.15) is 0 Å². The lowest BCUT2D eigenvalue weighted by Gasteiger charge is -2.20. The Bertz CT molecular complexity index is 549. The van der Waals surface area contributed by atoms with Crippen LogP contribution in [0.5, 0.6) is 0 Å². The highest BCUT2D eigenvalue weighted by Gasteiger charge is 2.38. The van der Waals surface area contributed by atoms with Gasteiger partial charge in [0.05, 0.1) is 0 Å². The summed E-state index contributed by atoms with van der Waals surface area (Å²) in [6.45, 7) is 1.21. The van der Waals surface area contributed by atoms with E-state index >= 15 is 0 Å². The van der Waals surface area contributed by atoms with Crippen molar-refractivity contribution < 1.29 is 4.79 Å². The highest BCUT2D eigenvalue weighted by molar-refractivity contribution is 5.92. The summed E-state index contributed by atoms with van der Waals surface area (Å²) >= 11 is 0. The van der Waals surface area contributed by atoms with Gasteiger partial charge in [-0.05, 0) is 62.3 Å². The summed E-state index contributed by atoms with van der Waals surface area (Å²) in [5, 5.41) is 6.79. The van der Waals surface area contributed by atoms with Crippen LogP contribution in [0.25, 0.3) is 0 Å². The first-order valence-corrected chi connectivity index (χ1v) is 9.44. The number of hydrogen-bond donors (Lipinski definition) is 2. The van der Waals surface area contributed by atoms with Crippen molar-refractivity contribution in [3.8, 4) is 0 Å². The molecule has 1 aromatic carbocycles. The second kappa shape index (κ2) is 7.88. The number of hydrogen-bond acceptors (Lipinski definition) is 2. The van der Waals surface area contributed by atoms with Crippen LogP contribution in [0.2, 0.25) is 0 Å². The molecule has 1 aromatic rings. The minimum atomic E-state index is 0. The lowest BCUT2D eigenvalue weighted by atomic mass is 9.88. The lowest BCUT2D eigenvalue weighted by molar-refractivity contribution is -0.120. The summed E-state index contributed by atoms with van der Waals surface area (Å²) in [6.07, 6.45) is 9.90. The minimum absolute atomic E-state index is 0. The number of carbonyl (C=O) groups is 1. The molecule has 3 fully saturated rings. The molecule has 0 spiro atoms. The van der Waals surface area contributed by atoms with Gasteiger partial charge in [-0.2, -0.15) is 0 Å². The van der Waals surface area contributed by atoms with Gasteiger partial charge >= 0.3 is 0 Å². The summed E-state index contributed by atoms with van der Waals surface area (Å²) in [7, 11) is 0. The number of rotatable bonds is 6. The number of benzene rings is 1. The molecule has 0 bridgehead atoms. The Morgan fingerprint density at radius 1 is 1.00 bits per heavy atom. The standard InChI is InChI=1S/C20H28N2O.ClH/c23-20(16-4-2-1-3-5-16)22-17-10-8-15(9-11-17)18-12-19(18)21-13-14-6-7-14;/h8-11,14,16,18-19,21H,1-7,12-13H2,(H,22,23);1H. The average molecular weight is 349 g/mol. The van der Waals surface area contributed by atoms with Gasteiger partial charge in [0, 0.05) is 23.6 Å². The van der Waals surface area contributed by atoms with Gasteiger partial charge in [0.2, 0.25) is 5.91 Å². The number of nitrogens with one attached hydrogen (secondary N) is 2. The lowest BCUT2D eigenvalue weighted by Crippen LogP contribution is -2.24. The molecule has 0 radical (unpaired) electrons. The van der Waals surface area contributed by atoms with Crippen molar-refractivity contribution in [1.29, 1.82) is 0 Å². The molecule has 0 aromatic heterocycles. The van der Waals surface area contributed by atoms with E-state index in [1.165, 1.54) is 50.6 Å². The average Bonchev–Trinajstić information content (AvgIpc) is 3.49. The van der Waals surface area contributed by atoms with Gasteiger partial charge in [-0.15, -0.1) is 12.4 Å². The van der Waals surface area contributed by atoms with Crippen LogP contribution in [0.15, 0.2) is 24.3 Å². The molecular formula is C20H29ClN2O. The van der Waals surface area contributed by atoms with E-state index in [1.807, 2.05) is 0 Å². The molecule has 3 aliphatic carbocycles. The number of amides is 1. The molecule has 2 N–H and O–H groups in total. The summed E-state index contributed by atoms with van der Waals surface area (Å²) < 4.78 is 0. The molecule has 4 heteroatoms. The molecule has 3 saturated carbocycles. The van der Waals surface area contributed by atoms with Gasteiger partial charge in [-0.3, -0.25) is 4.79 Å². The van der Waals surface area contributed by atoms with E-state index < -0.39 is 0 Å². The van der Waals surface area contributed by atoms with E-state index in [0.29, 0.717) is 12.0 Å². The maximum absolute atomic E-state index is 12.3. The van der Waals surface area contributed by atoms with Gasteiger partial charge in [0.25, 0.3) is 0 Å². The quantitative estimate of drug-likeness (QED) is 0.795. The molecule has 3 aliphatic rings. The Morgan fingerprint density at radius 2 is 1.71 bits per heavy atom. The molecule has 24 heavy (non-hydrogen) atoms. The fraction of sp³-hybridized carbons (Fsp3) is 0.650. The number of halogens is 1. The van der Waals surface area contributed by atoms with Gasteiger partial charge in [0.15, 0.2) is 0 Å². The zero-order chi connectivity index (χ0) is 15.6. The maximum atomic E-state index is 12.3. The van der Waals surface area contributed by atoms with Crippen LogP contribution >= 0.6 is 12.4 Å². The summed E-state index contributed by atoms with van der Waals surface area (Å²) in [5.41, 5.74) is 2.36. The van der Waals surface area contributed by atoms with E-state index in [2.05, 4.69) is 34.9 Å². The molecule has 3 nitrogen and oxygen atoms in total. The van der Waals surface area contributed by atoms with Crippen LogP contribution in [0.4, 0.5) is 5.69 Å². The highest BCUT2D eigenvalue weighted by Crippen LogP contribution is 2.42. The third-order valence-corrected chi connectivity index (χ3v) is 5.74. The number of anilines is 1. The highest BCUT2D eigenvalue weighted by atomic mass is 35.5. The largest absolute Gasteiger partial charge is 0.326 e. The van der Waals surface area contributed by atoms with Crippen LogP contribution in [0, 0.1) is 11.8 Å². The zero-order valence-corrected chi connectivity index (χ0v) is 15.1. The Balaban J connectivity index is 0.00000169. The fourth-order valence-corrected chi connectivity index (χ4v) is 3.85. The predicted molar refractivity (Wildman–Crippen MR) is 101 cm³/mol. The Kier molecular flexibility index (Phi) is 5.83. The first-order valence-electron chi connectivity index (χ1n) is 9.44. The molecular weight excluding hydrogens is 320 g/mol. The second-order valence-corrected chi connectivity index (χ2v) is 7.75. The molecule has 1 amide bonds. The second-order valence-electron chi connectivity index (χ2n) is 7.75. The molecule has 0 aliphatic heterocycles. The molecule has 4 rings (SSSR count). The van der Waals surface area contributed by atoms with Crippen molar-refractivity contribution in [3.05, 3.63) is 29.8 Å². The Labute approximate surface area is 151 Å². The van der Waals surface area contributed by atoms with E-state index in [9.17, 15) is 4.79 Å². The van der Waals surface area contributed by atoms with Crippen molar-refractivity contribution in [3.63, 3.8) is 0 Å². The first-order chi connectivity index (χ1) is 11.3. The maximum Gasteiger partial charge on any atom is 0.227 e. The fourth-order valence-electron chi connectivity index (χ4n) is 3.85. The molecule has 0 heterocycles. The normalized spacial score (nSPS) is 26.5. The van der Waals surface area contributed by atoms with Crippen LogP contribution in [0.3, 0.4) is 0 Å². The van der Waals surface area contributed by atoms with Crippen molar-refractivity contribution in [2.24, 2.45) is 11.8 Å². The van der Waals surface area contributed by atoms with Gasteiger partial charge in [-0.1, -0.05) is 31.4 Å². The van der Waals surface area contributed by atoms with Crippen LogP contribution in [0.1, 0.15) is 62.8 Å². The molecule has 2 atom stereocenters. The van der Waals surface area contributed by atoms with Crippen molar-refractivity contribution >= 4 is 24.0 Å². The zero-order valence-electron chi connectivity index (χ0n) is 14.3. The van der Waals surface area contributed by atoms with Crippen molar-refractivity contribution in [1.82, 2.24) is 5.32 Å². The summed E-state index contributed by atoms with van der Waals surface area (Å²) in [4.78, 5) is 12.3. The van der Waals surface area contributed by atoms with Crippen LogP contribution in [-0.4, -0.2) is 18.5 Å². The third-order valence-electron chi connectivity index (χ3n) is 5.74. The number of carbonyl (C=O) groups excluding carboxylic acids is 1. The smallest absolute Gasteiger partial charge is 0.227 e. The first kappa shape index (κ1) is 17.8. The minimum Gasteiger partial charge on any atom is -0.326 e.